The molecular weight excluding hydrogens is 319 g/mol. The Morgan fingerprint density at radius 2 is 1.88 bits per heavy atom. The minimum absolute atomic E-state index is 0.0554. The van der Waals surface area contributed by atoms with E-state index < -0.39 is 11.2 Å². The fourth-order valence-corrected chi connectivity index (χ4v) is 2.91. The maximum absolute atomic E-state index is 13.3. The van der Waals surface area contributed by atoms with Gasteiger partial charge in [0.1, 0.15) is 5.82 Å². The summed E-state index contributed by atoms with van der Waals surface area (Å²) in [5.41, 5.74) is 2.28. The van der Waals surface area contributed by atoms with E-state index in [-0.39, 0.29) is 17.4 Å². The second-order valence-electron chi connectivity index (χ2n) is 7.26. The number of benzene rings is 2. The SMILES string of the molecule is CC(C)(C)C(=O)N1CCc2ccc(NC(=O)c3cccc(F)c3)cc21. The lowest BCUT2D eigenvalue weighted by molar-refractivity contribution is -0.125. The summed E-state index contributed by atoms with van der Waals surface area (Å²) >= 11 is 0. The van der Waals surface area contributed by atoms with Crippen molar-refractivity contribution in [1.82, 2.24) is 0 Å². The quantitative estimate of drug-likeness (QED) is 0.898. The molecule has 5 heteroatoms. The van der Waals surface area contributed by atoms with Crippen LogP contribution in [0.5, 0.6) is 0 Å². The first-order chi connectivity index (χ1) is 11.8. The van der Waals surface area contributed by atoms with E-state index >= 15 is 0 Å². The highest BCUT2D eigenvalue weighted by molar-refractivity contribution is 6.05. The number of hydrogen-bond acceptors (Lipinski definition) is 2. The number of hydrogen-bond donors (Lipinski definition) is 1. The molecule has 0 bridgehead atoms. The molecule has 1 aliphatic heterocycles. The number of nitrogens with zero attached hydrogens (tertiary/aromatic N) is 1. The fourth-order valence-electron chi connectivity index (χ4n) is 2.91. The van der Waals surface area contributed by atoms with Gasteiger partial charge in [-0.2, -0.15) is 0 Å². The van der Waals surface area contributed by atoms with Crippen LogP contribution < -0.4 is 10.2 Å². The first-order valence-corrected chi connectivity index (χ1v) is 8.27. The number of anilines is 2. The topological polar surface area (TPSA) is 49.4 Å². The summed E-state index contributed by atoms with van der Waals surface area (Å²) in [7, 11) is 0. The van der Waals surface area contributed by atoms with Gasteiger partial charge in [-0.05, 0) is 42.3 Å². The van der Waals surface area contributed by atoms with Crippen LogP contribution in [0.1, 0.15) is 36.7 Å². The lowest BCUT2D eigenvalue weighted by Gasteiger charge is -2.26. The van der Waals surface area contributed by atoms with Crippen molar-refractivity contribution in [1.29, 1.82) is 0 Å². The normalized spacial score (nSPS) is 13.5. The van der Waals surface area contributed by atoms with Gasteiger partial charge in [-0.15, -0.1) is 0 Å². The van der Waals surface area contributed by atoms with Crippen LogP contribution in [0.15, 0.2) is 42.5 Å². The largest absolute Gasteiger partial charge is 0.322 e. The molecule has 0 aromatic heterocycles. The summed E-state index contributed by atoms with van der Waals surface area (Å²) in [6.07, 6.45) is 0.801. The van der Waals surface area contributed by atoms with Gasteiger partial charge in [0.05, 0.1) is 0 Å². The van der Waals surface area contributed by atoms with Gasteiger partial charge in [0.15, 0.2) is 0 Å². The summed E-state index contributed by atoms with van der Waals surface area (Å²) in [5.74, 6) is -0.783. The fraction of sp³-hybridized carbons (Fsp3) is 0.300. The molecule has 1 N–H and O–H groups in total. The molecule has 2 aromatic rings. The third-order valence-electron chi connectivity index (χ3n) is 4.21. The summed E-state index contributed by atoms with van der Waals surface area (Å²) in [5, 5.41) is 2.77. The third-order valence-corrected chi connectivity index (χ3v) is 4.21. The Morgan fingerprint density at radius 3 is 2.56 bits per heavy atom. The van der Waals surface area contributed by atoms with Crippen LogP contribution in [0.2, 0.25) is 0 Å². The third kappa shape index (κ3) is 3.55. The van der Waals surface area contributed by atoms with Gasteiger partial charge in [-0.1, -0.05) is 32.9 Å². The van der Waals surface area contributed by atoms with Crippen LogP contribution >= 0.6 is 0 Å². The van der Waals surface area contributed by atoms with E-state index in [0.29, 0.717) is 12.2 Å². The maximum atomic E-state index is 13.3. The number of amides is 2. The van der Waals surface area contributed by atoms with Gasteiger partial charge in [-0.25, -0.2) is 4.39 Å². The number of halogens is 1. The summed E-state index contributed by atoms with van der Waals surface area (Å²) in [6, 6.07) is 11.1. The van der Waals surface area contributed by atoms with E-state index in [0.717, 1.165) is 17.7 Å². The minimum Gasteiger partial charge on any atom is -0.322 e. The number of carbonyl (C=O) groups is 2. The maximum Gasteiger partial charge on any atom is 0.255 e. The van der Waals surface area contributed by atoms with E-state index in [1.54, 1.807) is 17.0 Å². The minimum atomic E-state index is -0.470. The Morgan fingerprint density at radius 1 is 1.12 bits per heavy atom. The standard InChI is InChI=1S/C20H21FN2O2/c1-20(2,3)19(25)23-10-9-13-7-8-16(12-17(13)23)22-18(24)14-5-4-6-15(21)11-14/h4-8,11-12H,9-10H2,1-3H3,(H,22,24). The zero-order valence-electron chi connectivity index (χ0n) is 14.6. The molecule has 4 nitrogen and oxygen atoms in total. The Hall–Kier alpha value is -2.69. The molecule has 0 aliphatic carbocycles. The Kier molecular flexibility index (Phi) is 4.33. The van der Waals surface area contributed by atoms with Gasteiger partial charge in [-0.3, -0.25) is 9.59 Å². The van der Waals surface area contributed by atoms with Crippen LogP contribution in [-0.2, 0) is 11.2 Å². The molecule has 3 rings (SSSR count). The highest BCUT2D eigenvalue weighted by Crippen LogP contribution is 2.34. The molecular formula is C20H21FN2O2. The highest BCUT2D eigenvalue weighted by Gasteiger charge is 2.32. The van der Waals surface area contributed by atoms with Crippen molar-refractivity contribution in [2.45, 2.75) is 27.2 Å². The van der Waals surface area contributed by atoms with Crippen LogP contribution in [0.3, 0.4) is 0 Å². The van der Waals surface area contributed by atoms with Gasteiger partial charge in [0, 0.05) is 28.9 Å². The molecule has 0 fully saturated rings. The van der Waals surface area contributed by atoms with E-state index in [1.165, 1.54) is 18.2 Å². The molecule has 130 valence electrons. The number of fused-ring (bicyclic) bond motifs is 1. The van der Waals surface area contributed by atoms with Crippen molar-refractivity contribution >= 4 is 23.2 Å². The number of rotatable bonds is 2. The van der Waals surface area contributed by atoms with Crippen molar-refractivity contribution in [2.24, 2.45) is 5.41 Å². The van der Waals surface area contributed by atoms with Crippen LogP contribution in [0, 0.1) is 11.2 Å². The summed E-state index contributed by atoms with van der Waals surface area (Å²) < 4.78 is 13.3. The van der Waals surface area contributed by atoms with Gasteiger partial charge >= 0.3 is 0 Å². The van der Waals surface area contributed by atoms with Gasteiger partial charge in [0.25, 0.3) is 5.91 Å². The second kappa shape index (κ2) is 6.31. The van der Waals surface area contributed by atoms with E-state index in [2.05, 4.69) is 5.32 Å². The Labute approximate surface area is 146 Å². The molecule has 1 heterocycles. The average molecular weight is 340 g/mol. The van der Waals surface area contributed by atoms with Gasteiger partial charge in [0.2, 0.25) is 5.91 Å². The van der Waals surface area contributed by atoms with Crippen molar-refractivity contribution in [3.8, 4) is 0 Å². The van der Waals surface area contributed by atoms with E-state index in [1.807, 2.05) is 32.9 Å². The molecule has 0 spiro atoms. The van der Waals surface area contributed by atoms with Crippen molar-refractivity contribution in [3.05, 3.63) is 59.4 Å². The molecule has 1 aliphatic rings. The zero-order chi connectivity index (χ0) is 18.2. The molecule has 25 heavy (non-hydrogen) atoms. The second-order valence-corrected chi connectivity index (χ2v) is 7.26. The van der Waals surface area contributed by atoms with Crippen molar-refractivity contribution in [2.75, 3.05) is 16.8 Å². The van der Waals surface area contributed by atoms with Crippen LogP contribution in [-0.4, -0.2) is 18.4 Å². The first kappa shape index (κ1) is 17.1. The first-order valence-electron chi connectivity index (χ1n) is 8.27. The predicted molar refractivity (Wildman–Crippen MR) is 96.3 cm³/mol. The summed E-state index contributed by atoms with van der Waals surface area (Å²) in [6.45, 7) is 6.32. The Bertz CT molecular complexity index is 840. The smallest absolute Gasteiger partial charge is 0.255 e. The number of carbonyl (C=O) groups excluding carboxylic acids is 2. The van der Waals surface area contributed by atoms with Crippen molar-refractivity contribution in [3.63, 3.8) is 0 Å². The van der Waals surface area contributed by atoms with E-state index in [9.17, 15) is 14.0 Å². The van der Waals surface area contributed by atoms with Crippen LogP contribution in [0.25, 0.3) is 0 Å². The lowest BCUT2D eigenvalue weighted by atomic mass is 9.94. The highest BCUT2D eigenvalue weighted by atomic mass is 19.1. The monoisotopic (exact) mass is 340 g/mol. The summed E-state index contributed by atoms with van der Waals surface area (Å²) in [4.78, 5) is 26.7. The van der Waals surface area contributed by atoms with E-state index in [4.69, 9.17) is 0 Å². The zero-order valence-corrected chi connectivity index (χ0v) is 14.6. The molecule has 0 unspecified atom stereocenters. The Balaban J connectivity index is 1.84. The molecule has 0 saturated carbocycles. The predicted octanol–water partition coefficient (Wildman–Crippen LogP) is 4.01. The lowest BCUT2D eigenvalue weighted by Crippen LogP contribution is -2.38. The average Bonchev–Trinajstić information content (AvgIpc) is 2.96. The molecule has 2 amide bonds. The molecule has 0 saturated heterocycles. The van der Waals surface area contributed by atoms with Crippen LogP contribution in [0.4, 0.5) is 15.8 Å². The number of nitrogens with one attached hydrogen (secondary N) is 1. The molecule has 0 radical (unpaired) electrons. The van der Waals surface area contributed by atoms with Crippen molar-refractivity contribution < 1.29 is 14.0 Å². The molecule has 2 aromatic carbocycles. The van der Waals surface area contributed by atoms with Gasteiger partial charge < -0.3 is 10.2 Å². The molecule has 0 atom stereocenters.